The monoisotopic (exact) mass is 423 g/mol. The van der Waals surface area contributed by atoms with Crippen molar-refractivity contribution in [3.8, 4) is 0 Å². The summed E-state index contributed by atoms with van der Waals surface area (Å²) in [7, 11) is 0. The molecular formula is C17H18BrN3O3S. The Bertz CT molecular complexity index is 749. The highest BCUT2D eigenvalue weighted by molar-refractivity contribution is 9.11. The van der Waals surface area contributed by atoms with Gasteiger partial charge in [0.15, 0.2) is 0 Å². The van der Waals surface area contributed by atoms with E-state index in [2.05, 4.69) is 31.9 Å². The molecule has 0 saturated heterocycles. The summed E-state index contributed by atoms with van der Waals surface area (Å²) in [6.07, 6.45) is 0. The highest BCUT2D eigenvalue weighted by Gasteiger charge is 2.18. The zero-order chi connectivity index (χ0) is 18.2. The first-order chi connectivity index (χ1) is 12.0. The van der Waals surface area contributed by atoms with Gasteiger partial charge in [0.2, 0.25) is 11.8 Å². The van der Waals surface area contributed by atoms with Crippen LogP contribution in [0.3, 0.4) is 0 Å². The van der Waals surface area contributed by atoms with Crippen molar-refractivity contribution in [1.82, 2.24) is 16.0 Å². The van der Waals surface area contributed by atoms with Crippen LogP contribution in [0.25, 0.3) is 0 Å². The van der Waals surface area contributed by atoms with E-state index in [1.807, 2.05) is 30.3 Å². The molecule has 25 heavy (non-hydrogen) atoms. The van der Waals surface area contributed by atoms with Crippen LogP contribution in [0.15, 0.2) is 46.3 Å². The fourth-order valence-corrected chi connectivity index (χ4v) is 3.24. The summed E-state index contributed by atoms with van der Waals surface area (Å²) in [6, 6.07) is 12.2. The van der Waals surface area contributed by atoms with E-state index in [0.717, 1.165) is 9.35 Å². The Kier molecular flexibility index (Phi) is 7.15. The third-order valence-electron chi connectivity index (χ3n) is 3.29. The molecule has 0 aliphatic rings. The summed E-state index contributed by atoms with van der Waals surface area (Å²) < 4.78 is 0.838. The molecule has 0 bridgehead atoms. The number of nitrogens with one attached hydrogen (secondary N) is 3. The topological polar surface area (TPSA) is 87.3 Å². The molecule has 0 aliphatic heterocycles. The van der Waals surface area contributed by atoms with Gasteiger partial charge in [-0.25, -0.2) is 0 Å². The van der Waals surface area contributed by atoms with Gasteiger partial charge in [0, 0.05) is 6.54 Å². The van der Waals surface area contributed by atoms with Gasteiger partial charge in [0.05, 0.1) is 15.2 Å². The quantitative estimate of drug-likeness (QED) is 0.636. The molecule has 1 unspecified atom stereocenters. The van der Waals surface area contributed by atoms with Crippen LogP contribution in [0.5, 0.6) is 0 Å². The molecule has 0 aliphatic carbocycles. The molecule has 1 aromatic heterocycles. The fraction of sp³-hybridized carbons (Fsp3) is 0.235. The van der Waals surface area contributed by atoms with Crippen molar-refractivity contribution in [1.29, 1.82) is 0 Å². The Balaban J connectivity index is 1.71. The van der Waals surface area contributed by atoms with Gasteiger partial charge in [-0.1, -0.05) is 30.3 Å². The minimum Gasteiger partial charge on any atom is -0.350 e. The van der Waals surface area contributed by atoms with Crippen molar-refractivity contribution in [3.63, 3.8) is 0 Å². The number of amides is 3. The lowest BCUT2D eigenvalue weighted by Crippen LogP contribution is -2.47. The Morgan fingerprint density at radius 2 is 1.80 bits per heavy atom. The third-order valence-corrected chi connectivity index (χ3v) is 4.92. The number of thiophene rings is 1. The van der Waals surface area contributed by atoms with Crippen molar-refractivity contribution >= 4 is 45.0 Å². The van der Waals surface area contributed by atoms with E-state index in [1.165, 1.54) is 11.3 Å². The van der Waals surface area contributed by atoms with E-state index in [0.29, 0.717) is 11.4 Å². The summed E-state index contributed by atoms with van der Waals surface area (Å²) >= 11 is 4.56. The molecule has 2 rings (SSSR count). The SMILES string of the molecule is CC(NC(=O)c1ccc(Br)s1)C(=O)NCC(=O)NCc1ccccc1. The Labute approximate surface area is 158 Å². The number of hydrogen-bond donors (Lipinski definition) is 3. The summed E-state index contributed by atoms with van der Waals surface area (Å²) in [5, 5.41) is 7.82. The largest absolute Gasteiger partial charge is 0.350 e. The molecule has 2 aromatic rings. The molecule has 0 saturated carbocycles. The van der Waals surface area contributed by atoms with Crippen molar-refractivity contribution in [3.05, 3.63) is 56.7 Å². The summed E-state index contributed by atoms with van der Waals surface area (Å²) in [4.78, 5) is 36.3. The highest BCUT2D eigenvalue weighted by atomic mass is 79.9. The standard InChI is InChI=1S/C17H18BrN3O3S/c1-11(21-17(24)13-7-8-14(18)25-13)16(23)20-10-15(22)19-9-12-5-3-2-4-6-12/h2-8,11H,9-10H2,1H3,(H,19,22)(H,20,23)(H,21,24). The first-order valence-corrected chi connectivity index (χ1v) is 9.21. The molecule has 3 N–H and O–H groups in total. The number of carbonyl (C=O) groups excluding carboxylic acids is 3. The van der Waals surface area contributed by atoms with Crippen LogP contribution < -0.4 is 16.0 Å². The van der Waals surface area contributed by atoms with Crippen LogP contribution in [0.1, 0.15) is 22.2 Å². The molecule has 1 atom stereocenters. The van der Waals surface area contributed by atoms with E-state index < -0.39 is 11.9 Å². The van der Waals surface area contributed by atoms with Crippen LogP contribution in [-0.2, 0) is 16.1 Å². The maximum Gasteiger partial charge on any atom is 0.262 e. The summed E-state index contributed by atoms with van der Waals surface area (Å²) in [6.45, 7) is 1.82. The predicted octanol–water partition coefficient (Wildman–Crippen LogP) is 2.06. The summed E-state index contributed by atoms with van der Waals surface area (Å²) in [5.41, 5.74) is 0.977. The third kappa shape index (κ3) is 6.32. The predicted molar refractivity (Wildman–Crippen MR) is 100 cm³/mol. The van der Waals surface area contributed by atoms with Crippen LogP contribution >= 0.6 is 27.3 Å². The molecule has 1 heterocycles. The van der Waals surface area contributed by atoms with Crippen LogP contribution in [0, 0.1) is 0 Å². The minimum absolute atomic E-state index is 0.142. The van der Waals surface area contributed by atoms with Gasteiger partial charge in [-0.3, -0.25) is 14.4 Å². The van der Waals surface area contributed by atoms with E-state index >= 15 is 0 Å². The number of carbonyl (C=O) groups is 3. The number of rotatable bonds is 7. The minimum atomic E-state index is -0.740. The molecule has 0 fully saturated rings. The van der Waals surface area contributed by atoms with Crippen molar-refractivity contribution in [2.45, 2.75) is 19.5 Å². The normalized spacial score (nSPS) is 11.4. The second-order valence-corrected chi connectivity index (χ2v) is 7.74. The second-order valence-electron chi connectivity index (χ2n) is 5.28. The van der Waals surface area contributed by atoms with Crippen molar-refractivity contribution in [2.75, 3.05) is 6.54 Å². The van der Waals surface area contributed by atoms with E-state index in [-0.39, 0.29) is 18.4 Å². The Hall–Kier alpha value is -2.19. The average Bonchev–Trinajstić information content (AvgIpc) is 3.05. The number of benzene rings is 1. The first-order valence-electron chi connectivity index (χ1n) is 7.60. The smallest absolute Gasteiger partial charge is 0.262 e. The Morgan fingerprint density at radius 1 is 1.08 bits per heavy atom. The van der Waals surface area contributed by atoms with Crippen molar-refractivity contribution < 1.29 is 14.4 Å². The van der Waals surface area contributed by atoms with Crippen LogP contribution in [0.4, 0.5) is 0 Å². The number of hydrogen-bond acceptors (Lipinski definition) is 4. The van der Waals surface area contributed by atoms with Crippen LogP contribution in [-0.4, -0.2) is 30.3 Å². The average molecular weight is 424 g/mol. The first kappa shape index (κ1) is 19.1. The van der Waals surface area contributed by atoms with E-state index in [9.17, 15) is 14.4 Å². The van der Waals surface area contributed by atoms with Gasteiger partial charge >= 0.3 is 0 Å². The molecule has 1 aromatic carbocycles. The van der Waals surface area contributed by atoms with E-state index in [4.69, 9.17) is 0 Å². The van der Waals surface area contributed by atoms with Crippen molar-refractivity contribution in [2.24, 2.45) is 0 Å². The molecule has 132 valence electrons. The molecule has 3 amide bonds. The zero-order valence-electron chi connectivity index (χ0n) is 13.5. The van der Waals surface area contributed by atoms with Gasteiger partial charge < -0.3 is 16.0 Å². The number of halogens is 1. The van der Waals surface area contributed by atoms with Gasteiger partial charge in [0.1, 0.15) is 6.04 Å². The molecule has 6 nitrogen and oxygen atoms in total. The molecular weight excluding hydrogens is 406 g/mol. The fourth-order valence-electron chi connectivity index (χ4n) is 1.95. The highest BCUT2D eigenvalue weighted by Crippen LogP contribution is 2.21. The molecule has 8 heteroatoms. The van der Waals surface area contributed by atoms with Crippen LogP contribution in [0.2, 0.25) is 0 Å². The maximum absolute atomic E-state index is 12.0. The maximum atomic E-state index is 12.0. The second kappa shape index (κ2) is 9.33. The molecule has 0 spiro atoms. The van der Waals surface area contributed by atoms with Gasteiger partial charge in [-0.15, -0.1) is 11.3 Å². The summed E-state index contributed by atoms with van der Waals surface area (Å²) in [5.74, 6) is -1.04. The Morgan fingerprint density at radius 3 is 2.44 bits per heavy atom. The van der Waals surface area contributed by atoms with Gasteiger partial charge in [-0.2, -0.15) is 0 Å². The lowest BCUT2D eigenvalue weighted by Gasteiger charge is -2.13. The van der Waals surface area contributed by atoms with Gasteiger partial charge in [0.25, 0.3) is 5.91 Å². The lowest BCUT2D eigenvalue weighted by atomic mass is 10.2. The van der Waals surface area contributed by atoms with E-state index in [1.54, 1.807) is 19.1 Å². The zero-order valence-corrected chi connectivity index (χ0v) is 15.9. The lowest BCUT2D eigenvalue weighted by molar-refractivity contribution is -0.127. The molecule has 0 radical (unpaired) electrons. The van der Waals surface area contributed by atoms with Gasteiger partial charge in [-0.05, 0) is 40.5 Å².